The Morgan fingerprint density at radius 3 is 1.61 bits per heavy atom. The number of benzene rings is 6. The van der Waals surface area contributed by atoms with E-state index in [9.17, 15) is 0 Å². The third-order valence-corrected chi connectivity index (χ3v) is 10.9. The molecule has 2 aliphatic heterocycles. The fourth-order valence-electron chi connectivity index (χ4n) is 8.05. The van der Waals surface area contributed by atoms with Crippen molar-refractivity contribution >= 4 is 57.2 Å². The van der Waals surface area contributed by atoms with Crippen LogP contribution in [0, 0.1) is 0 Å². The molecule has 6 aromatic carbocycles. The summed E-state index contributed by atoms with van der Waals surface area (Å²) in [6.45, 7) is 20.9. The van der Waals surface area contributed by atoms with Gasteiger partial charge in [-0.15, -0.1) is 0 Å². The van der Waals surface area contributed by atoms with E-state index in [-0.39, 0.29) is 23.0 Å². The minimum Gasteiger partial charge on any atom is -0.311 e. The molecule has 0 aliphatic carbocycles. The molecule has 0 saturated carbocycles. The highest BCUT2D eigenvalue weighted by molar-refractivity contribution is 7.00. The van der Waals surface area contributed by atoms with E-state index < -0.39 is 0 Å². The summed E-state index contributed by atoms with van der Waals surface area (Å²) in [5.74, 6) is 0. The zero-order valence-corrected chi connectivity index (χ0v) is 31.7. The van der Waals surface area contributed by atoms with Gasteiger partial charge in [-0.2, -0.15) is 0 Å². The van der Waals surface area contributed by atoms with Crippen LogP contribution in [0.4, 0.5) is 34.1 Å². The number of nitrogens with zero attached hydrogens (tertiary/aromatic N) is 2. The van der Waals surface area contributed by atoms with E-state index >= 15 is 0 Å². The van der Waals surface area contributed by atoms with Gasteiger partial charge >= 0.3 is 0 Å². The fourth-order valence-corrected chi connectivity index (χ4v) is 8.05. The summed E-state index contributed by atoms with van der Waals surface area (Å²) < 4.78 is 0. The molecule has 6 aromatic rings. The van der Waals surface area contributed by atoms with Crippen molar-refractivity contribution in [1.82, 2.24) is 0 Å². The second kappa shape index (κ2) is 11.8. The van der Waals surface area contributed by atoms with Crippen LogP contribution >= 0.6 is 0 Å². The fraction of sp³-hybridized carbons (Fsp3) is 0.250. The van der Waals surface area contributed by atoms with Crippen LogP contribution in [-0.4, -0.2) is 6.71 Å². The van der Waals surface area contributed by atoms with Gasteiger partial charge in [0, 0.05) is 34.0 Å². The maximum Gasteiger partial charge on any atom is 0.252 e. The Labute approximate surface area is 305 Å². The van der Waals surface area contributed by atoms with Gasteiger partial charge in [-0.25, -0.2) is 0 Å². The van der Waals surface area contributed by atoms with Crippen LogP contribution < -0.4 is 26.2 Å². The van der Waals surface area contributed by atoms with Gasteiger partial charge in [0.25, 0.3) is 6.71 Å². The van der Waals surface area contributed by atoms with Crippen molar-refractivity contribution in [2.24, 2.45) is 0 Å². The van der Waals surface area contributed by atoms with E-state index in [0.29, 0.717) is 0 Å². The Hall–Kier alpha value is -5.02. The molecule has 0 atom stereocenters. The molecule has 0 aromatic heterocycles. The van der Waals surface area contributed by atoms with Crippen molar-refractivity contribution in [3.05, 3.63) is 150 Å². The zero-order chi connectivity index (χ0) is 35.9. The monoisotopic (exact) mass is 664 g/mol. The van der Waals surface area contributed by atoms with Gasteiger partial charge in [0.05, 0.1) is 5.69 Å². The Morgan fingerprint density at radius 2 is 0.941 bits per heavy atom. The van der Waals surface area contributed by atoms with E-state index in [1.807, 2.05) is 0 Å². The lowest BCUT2D eigenvalue weighted by Gasteiger charge is -2.45. The van der Waals surface area contributed by atoms with Gasteiger partial charge in [0.1, 0.15) is 0 Å². The lowest BCUT2D eigenvalue weighted by Crippen LogP contribution is -2.61. The lowest BCUT2D eigenvalue weighted by atomic mass is 9.33. The molecule has 0 fully saturated rings. The van der Waals surface area contributed by atoms with Gasteiger partial charge in [-0.05, 0) is 97.4 Å². The highest BCUT2D eigenvalue weighted by Crippen LogP contribution is 2.47. The van der Waals surface area contributed by atoms with Crippen LogP contribution in [0.5, 0.6) is 0 Å². The molecule has 0 saturated heterocycles. The average molecular weight is 665 g/mol. The first-order chi connectivity index (χ1) is 24.2. The molecular formula is C48H49BN2. The summed E-state index contributed by atoms with van der Waals surface area (Å²) >= 11 is 0. The Balaban J connectivity index is 1.45. The van der Waals surface area contributed by atoms with Crippen LogP contribution in [0.15, 0.2) is 133 Å². The molecule has 2 aliphatic rings. The van der Waals surface area contributed by atoms with Gasteiger partial charge in [0.15, 0.2) is 0 Å². The first-order valence-corrected chi connectivity index (χ1v) is 18.5. The first-order valence-electron chi connectivity index (χ1n) is 18.5. The van der Waals surface area contributed by atoms with Crippen molar-refractivity contribution in [3.63, 3.8) is 0 Å². The molecule has 51 heavy (non-hydrogen) atoms. The predicted octanol–water partition coefficient (Wildman–Crippen LogP) is 11.3. The number of anilines is 6. The molecular weight excluding hydrogens is 615 g/mol. The van der Waals surface area contributed by atoms with Crippen LogP contribution in [0.1, 0.15) is 79.0 Å². The number of hydrogen-bond acceptors (Lipinski definition) is 2. The lowest BCUT2D eigenvalue weighted by molar-refractivity contribution is 0.590. The average Bonchev–Trinajstić information content (AvgIpc) is 3.10. The topological polar surface area (TPSA) is 6.48 Å². The summed E-state index contributed by atoms with van der Waals surface area (Å²) in [6.07, 6.45) is 0. The standard InChI is InChI=1S/C48H49BN2/c1-46(2,3)33-22-26-36(27-23-33)50-41-29-25-34(47(4,5)6)30-39(41)49-38-28-24-35(48(7,8)9)31-44(38)51(43-21-15-20-42(50)45(43)49)40-19-14-13-18-37(40)32-16-11-10-12-17-32/h10-31H,1-9H3. The molecule has 2 nitrogen and oxygen atoms in total. The number of rotatable bonds is 3. The number of para-hydroxylation sites is 1. The minimum atomic E-state index is 0.00165. The molecule has 2 heterocycles. The second-order valence-corrected chi connectivity index (χ2v) is 17.5. The van der Waals surface area contributed by atoms with E-state index in [2.05, 4.69) is 206 Å². The normalized spacial score (nSPS) is 13.9. The molecule has 0 spiro atoms. The second-order valence-electron chi connectivity index (χ2n) is 17.5. The molecule has 254 valence electrons. The van der Waals surface area contributed by atoms with Crippen LogP contribution in [-0.2, 0) is 16.2 Å². The van der Waals surface area contributed by atoms with Gasteiger partial charge < -0.3 is 9.80 Å². The number of fused-ring (bicyclic) bond motifs is 4. The molecule has 3 heteroatoms. The van der Waals surface area contributed by atoms with Crippen molar-refractivity contribution in [1.29, 1.82) is 0 Å². The van der Waals surface area contributed by atoms with Crippen molar-refractivity contribution in [2.45, 2.75) is 78.6 Å². The predicted molar refractivity (Wildman–Crippen MR) is 222 cm³/mol. The quantitative estimate of drug-likeness (QED) is 0.174. The molecule has 0 bridgehead atoms. The van der Waals surface area contributed by atoms with Crippen molar-refractivity contribution in [2.75, 3.05) is 9.80 Å². The maximum atomic E-state index is 2.56. The highest BCUT2D eigenvalue weighted by atomic mass is 15.2. The largest absolute Gasteiger partial charge is 0.311 e. The van der Waals surface area contributed by atoms with Crippen LogP contribution in [0.2, 0.25) is 0 Å². The van der Waals surface area contributed by atoms with E-state index in [1.54, 1.807) is 0 Å². The van der Waals surface area contributed by atoms with E-state index in [0.717, 1.165) is 0 Å². The van der Waals surface area contributed by atoms with E-state index in [1.165, 1.54) is 78.3 Å². The van der Waals surface area contributed by atoms with Crippen LogP contribution in [0.25, 0.3) is 11.1 Å². The minimum absolute atomic E-state index is 0.00165. The van der Waals surface area contributed by atoms with Gasteiger partial charge in [-0.1, -0.05) is 153 Å². The van der Waals surface area contributed by atoms with Crippen molar-refractivity contribution in [3.8, 4) is 11.1 Å². The summed E-state index contributed by atoms with van der Waals surface area (Å²) in [5, 5.41) is 0. The number of hydrogen-bond donors (Lipinski definition) is 0. The Morgan fingerprint density at radius 1 is 0.392 bits per heavy atom. The Bertz CT molecular complexity index is 2260. The molecule has 0 unspecified atom stereocenters. The Kier molecular flexibility index (Phi) is 7.65. The smallest absolute Gasteiger partial charge is 0.252 e. The van der Waals surface area contributed by atoms with Crippen LogP contribution in [0.3, 0.4) is 0 Å². The molecule has 8 rings (SSSR count). The molecule has 0 amide bonds. The SMILES string of the molecule is CC(C)(C)c1ccc(N2c3ccc(C(C)(C)C)cc3B3c4ccc(C(C)(C)C)cc4N(c4ccccc4-c4ccccc4)c4cccc2c43)cc1. The van der Waals surface area contributed by atoms with E-state index in [4.69, 9.17) is 0 Å². The highest BCUT2D eigenvalue weighted by Gasteiger charge is 2.44. The maximum absolute atomic E-state index is 2.56. The van der Waals surface area contributed by atoms with Gasteiger partial charge in [0.2, 0.25) is 0 Å². The van der Waals surface area contributed by atoms with Crippen molar-refractivity contribution < 1.29 is 0 Å². The summed E-state index contributed by atoms with van der Waals surface area (Å²) in [7, 11) is 0. The third-order valence-electron chi connectivity index (χ3n) is 10.9. The third kappa shape index (κ3) is 5.59. The molecule has 0 N–H and O–H groups in total. The molecule has 0 radical (unpaired) electrons. The summed E-state index contributed by atoms with van der Waals surface area (Å²) in [4.78, 5) is 5.07. The van der Waals surface area contributed by atoms with Gasteiger partial charge in [-0.3, -0.25) is 0 Å². The summed E-state index contributed by atoms with van der Waals surface area (Å²) in [5.41, 5.74) is 18.0. The first kappa shape index (κ1) is 33.1. The zero-order valence-electron chi connectivity index (χ0n) is 31.7. The summed E-state index contributed by atoms with van der Waals surface area (Å²) in [6, 6.07) is 50.5.